The Kier molecular flexibility index (Phi) is 5.97. The summed E-state index contributed by atoms with van der Waals surface area (Å²) >= 11 is 0. The van der Waals surface area contributed by atoms with Crippen molar-refractivity contribution in [3.05, 3.63) is 47.6 Å². The highest BCUT2D eigenvalue weighted by Gasteiger charge is 2.30. The lowest BCUT2D eigenvalue weighted by molar-refractivity contribution is 0.0774. The quantitative estimate of drug-likeness (QED) is 0.711. The van der Waals surface area contributed by atoms with Crippen molar-refractivity contribution in [2.24, 2.45) is 5.92 Å². The molecule has 0 spiro atoms. The number of aromatic nitrogens is 2. The summed E-state index contributed by atoms with van der Waals surface area (Å²) in [5.74, 6) is 1.89. The van der Waals surface area contributed by atoms with E-state index in [1.165, 1.54) is 0 Å². The number of likely N-dealkylation sites (tertiary alicyclic amines) is 1. The lowest BCUT2D eigenvalue weighted by atomic mass is 9.88. The standard InChI is InChI=1S/C20H27N3O2/c1-3-4-10-18-21-20(25-22-18)15(2)23-13-11-17(12-14-23)19(24)16-8-6-5-7-9-16/h5-9,15,17H,3-4,10-14H2,1-2H3. The second-order valence-electron chi connectivity index (χ2n) is 6.87. The summed E-state index contributed by atoms with van der Waals surface area (Å²) in [5, 5.41) is 4.09. The van der Waals surface area contributed by atoms with Crippen molar-refractivity contribution in [3.63, 3.8) is 0 Å². The highest BCUT2D eigenvalue weighted by atomic mass is 16.5. The molecule has 25 heavy (non-hydrogen) atoms. The number of rotatable bonds is 7. The fraction of sp³-hybridized carbons (Fsp3) is 0.550. The van der Waals surface area contributed by atoms with Crippen molar-refractivity contribution in [2.45, 2.75) is 52.0 Å². The van der Waals surface area contributed by atoms with Gasteiger partial charge >= 0.3 is 0 Å². The van der Waals surface area contributed by atoms with E-state index in [9.17, 15) is 4.79 Å². The lowest BCUT2D eigenvalue weighted by Crippen LogP contribution is -2.38. The van der Waals surface area contributed by atoms with E-state index < -0.39 is 0 Å². The Bertz CT molecular complexity index is 675. The van der Waals surface area contributed by atoms with E-state index in [0.717, 1.165) is 56.6 Å². The summed E-state index contributed by atoms with van der Waals surface area (Å²) in [6, 6.07) is 9.73. The van der Waals surface area contributed by atoms with Gasteiger partial charge in [-0.2, -0.15) is 4.98 Å². The minimum Gasteiger partial charge on any atom is -0.338 e. The topological polar surface area (TPSA) is 59.2 Å². The number of ketones is 1. The monoisotopic (exact) mass is 341 g/mol. The largest absolute Gasteiger partial charge is 0.338 e. The zero-order chi connectivity index (χ0) is 17.6. The van der Waals surface area contributed by atoms with Gasteiger partial charge in [-0.1, -0.05) is 48.8 Å². The average molecular weight is 341 g/mol. The van der Waals surface area contributed by atoms with Gasteiger partial charge in [0.1, 0.15) is 0 Å². The smallest absolute Gasteiger partial charge is 0.243 e. The van der Waals surface area contributed by atoms with Crippen molar-refractivity contribution >= 4 is 5.78 Å². The summed E-state index contributed by atoms with van der Waals surface area (Å²) in [5.41, 5.74) is 0.825. The Morgan fingerprint density at radius 1 is 1.28 bits per heavy atom. The Hall–Kier alpha value is -2.01. The van der Waals surface area contributed by atoms with Gasteiger partial charge < -0.3 is 4.52 Å². The molecule has 1 atom stereocenters. The van der Waals surface area contributed by atoms with Crippen LogP contribution in [0.2, 0.25) is 0 Å². The molecule has 0 bridgehead atoms. The maximum atomic E-state index is 12.6. The predicted octanol–water partition coefficient (Wildman–Crippen LogP) is 4.07. The third kappa shape index (κ3) is 4.34. The first-order valence-corrected chi connectivity index (χ1v) is 9.34. The van der Waals surface area contributed by atoms with Crippen LogP contribution in [0.3, 0.4) is 0 Å². The minimum absolute atomic E-state index is 0.107. The molecule has 0 N–H and O–H groups in total. The van der Waals surface area contributed by atoms with Crippen LogP contribution in [0, 0.1) is 5.92 Å². The normalized spacial score (nSPS) is 17.5. The first-order valence-electron chi connectivity index (χ1n) is 9.34. The van der Waals surface area contributed by atoms with Crippen molar-refractivity contribution in [3.8, 4) is 0 Å². The summed E-state index contributed by atoms with van der Waals surface area (Å²) < 4.78 is 5.45. The van der Waals surface area contributed by atoms with Crippen molar-refractivity contribution in [1.82, 2.24) is 15.0 Å². The van der Waals surface area contributed by atoms with Gasteiger partial charge in [0.2, 0.25) is 5.89 Å². The molecule has 0 amide bonds. The molecule has 5 heteroatoms. The van der Waals surface area contributed by atoms with Crippen molar-refractivity contribution in [1.29, 1.82) is 0 Å². The summed E-state index contributed by atoms with van der Waals surface area (Å²) in [6.45, 7) is 6.04. The molecule has 0 radical (unpaired) electrons. The van der Waals surface area contributed by atoms with Crippen LogP contribution in [0.25, 0.3) is 0 Å². The summed E-state index contributed by atoms with van der Waals surface area (Å²) in [4.78, 5) is 19.5. The van der Waals surface area contributed by atoms with Gasteiger partial charge in [-0.15, -0.1) is 0 Å². The fourth-order valence-electron chi connectivity index (χ4n) is 3.42. The van der Waals surface area contributed by atoms with E-state index in [2.05, 4.69) is 28.9 Å². The predicted molar refractivity (Wildman–Crippen MR) is 96.4 cm³/mol. The Morgan fingerprint density at radius 3 is 2.68 bits per heavy atom. The van der Waals surface area contributed by atoms with Crippen LogP contribution < -0.4 is 0 Å². The Balaban J connectivity index is 1.54. The van der Waals surface area contributed by atoms with Crippen molar-refractivity contribution in [2.75, 3.05) is 13.1 Å². The van der Waals surface area contributed by atoms with Crippen LogP contribution in [0.4, 0.5) is 0 Å². The molecule has 1 fully saturated rings. The molecule has 5 nitrogen and oxygen atoms in total. The fourth-order valence-corrected chi connectivity index (χ4v) is 3.42. The van der Waals surface area contributed by atoms with Gasteiger partial charge in [0.15, 0.2) is 11.6 Å². The molecule has 2 aromatic rings. The molecule has 3 rings (SSSR count). The molecule has 1 aromatic heterocycles. The number of hydrogen-bond acceptors (Lipinski definition) is 5. The summed E-state index contributed by atoms with van der Waals surface area (Å²) in [6.07, 6.45) is 4.85. The van der Waals surface area contributed by atoms with Gasteiger partial charge in [0, 0.05) is 17.9 Å². The van der Waals surface area contributed by atoms with Gasteiger partial charge in [0.25, 0.3) is 0 Å². The molecule has 2 heterocycles. The zero-order valence-electron chi connectivity index (χ0n) is 15.1. The van der Waals surface area contributed by atoms with Gasteiger partial charge in [-0.05, 0) is 39.3 Å². The Labute approximate surface area is 149 Å². The average Bonchev–Trinajstić information content (AvgIpc) is 3.15. The molecule has 1 aliphatic heterocycles. The molecule has 1 aromatic carbocycles. The Morgan fingerprint density at radius 2 is 2.00 bits per heavy atom. The number of carbonyl (C=O) groups is 1. The van der Waals surface area contributed by atoms with E-state index in [4.69, 9.17) is 4.52 Å². The second kappa shape index (κ2) is 8.39. The van der Waals surface area contributed by atoms with Crippen LogP contribution in [0.5, 0.6) is 0 Å². The van der Waals surface area contributed by atoms with Crippen LogP contribution in [0.15, 0.2) is 34.9 Å². The molecule has 1 aliphatic rings. The maximum Gasteiger partial charge on any atom is 0.243 e. The van der Waals surface area contributed by atoms with Crippen LogP contribution >= 0.6 is 0 Å². The molecule has 134 valence electrons. The number of piperidine rings is 1. The number of nitrogens with zero attached hydrogens (tertiary/aromatic N) is 3. The van der Waals surface area contributed by atoms with E-state index in [1.807, 2.05) is 30.3 Å². The second-order valence-corrected chi connectivity index (χ2v) is 6.87. The third-order valence-electron chi connectivity index (χ3n) is 5.10. The highest BCUT2D eigenvalue weighted by Crippen LogP contribution is 2.27. The lowest BCUT2D eigenvalue weighted by Gasteiger charge is -2.33. The molecule has 1 saturated heterocycles. The van der Waals surface area contributed by atoms with Crippen molar-refractivity contribution < 1.29 is 9.32 Å². The number of benzene rings is 1. The summed E-state index contributed by atoms with van der Waals surface area (Å²) in [7, 11) is 0. The van der Waals surface area contributed by atoms with Gasteiger partial charge in [-0.3, -0.25) is 9.69 Å². The number of Topliss-reactive ketones (excluding diaryl/α,β-unsaturated/α-hetero) is 1. The van der Waals surface area contributed by atoms with E-state index in [1.54, 1.807) is 0 Å². The third-order valence-corrected chi connectivity index (χ3v) is 5.10. The molecule has 1 unspecified atom stereocenters. The first kappa shape index (κ1) is 17.8. The number of carbonyl (C=O) groups excluding carboxylic acids is 1. The molecule has 0 aliphatic carbocycles. The molecule has 0 saturated carbocycles. The van der Waals surface area contributed by atoms with E-state index in [-0.39, 0.29) is 17.7 Å². The maximum absolute atomic E-state index is 12.6. The highest BCUT2D eigenvalue weighted by molar-refractivity contribution is 5.97. The number of unbranched alkanes of at least 4 members (excludes halogenated alkanes) is 1. The number of hydrogen-bond donors (Lipinski definition) is 0. The molecular formula is C20H27N3O2. The first-order chi connectivity index (χ1) is 12.2. The number of aryl methyl sites for hydroxylation is 1. The zero-order valence-corrected chi connectivity index (χ0v) is 15.1. The van der Waals surface area contributed by atoms with Gasteiger partial charge in [-0.25, -0.2) is 0 Å². The SMILES string of the molecule is CCCCc1noc(C(C)N2CCC(C(=O)c3ccccc3)CC2)n1. The van der Waals surface area contributed by atoms with Crippen LogP contribution in [-0.4, -0.2) is 33.9 Å². The van der Waals surface area contributed by atoms with E-state index in [0.29, 0.717) is 5.89 Å². The van der Waals surface area contributed by atoms with Crippen LogP contribution in [0.1, 0.15) is 67.6 Å². The van der Waals surface area contributed by atoms with Crippen LogP contribution in [-0.2, 0) is 6.42 Å². The molecular weight excluding hydrogens is 314 g/mol. The minimum atomic E-state index is 0.107. The van der Waals surface area contributed by atoms with E-state index >= 15 is 0 Å². The van der Waals surface area contributed by atoms with Gasteiger partial charge in [0.05, 0.1) is 6.04 Å².